The second kappa shape index (κ2) is 7.84. The standard InChI is InChI=1S/C18H24N2O2.ClH/c1-3-20(18(21)22-2)16-8-10-19(11-9-16)13-15-12-14-6-4-5-7-17(14)15;/h4-7,12,16H,3,8-11,13H2,1-2H3;1H. The van der Waals surface area contributed by atoms with Crippen LogP contribution >= 0.6 is 12.4 Å². The number of ether oxygens (including phenoxy) is 1. The van der Waals surface area contributed by atoms with Crippen LogP contribution in [0.25, 0.3) is 11.6 Å². The summed E-state index contributed by atoms with van der Waals surface area (Å²) in [6, 6.07) is 8.88. The molecule has 0 radical (unpaired) electrons. The maximum absolute atomic E-state index is 11.8. The molecule has 4 nitrogen and oxygen atoms in total. The quantitative estimate of drug-likeness (QED) is 0.843. The number of methoxy groups -OCH3 is 1. The number of piperidine rings is 1. The number of rotatable bonds is 4. The monoisotopic (exact) mass is 336 g/mol. The van der Waals surface area contributed by atoms with Gasteiger partial charge in [0.25, 0.3) is 0 Å². The van der Waals surface area contributed by atoms with Gasteiger partial charge in [0.15, 0.2) is 0 Å². The third-order valence-corrected chi connectivity index (χ3v) is 4.78. The molecule has 0 N–H and O–H groups in total. The van der Waals surface area contributed by atoms with E-state index >= 15 is 0 Å². The van der Waals surface area contributed by atoms with Gasteiger partial charge in [0.1, 0.15) is 0 Å². The van der Waals surface area contributed by atoms with Crippen LogP contribution in [0.5, 0.6) is 0 Å². The number of halogens is 1. The van der Waals surface area contributed by atoms with Crippen LogP contribution in [0, 0.1) is 0 Å². The van der Waals surface area contributed by atoms with Crippen molar-refractivity contribution in [2.24, 2.45) is 0 Å². The zero-order valence-corrected chi connectivity index (χ0v) is 14.6. The number of carbonyl (C=O) groups is 1. The molecule has 5 heteroatoms. The van der Waals surface area contributed by atoms with E-state index in [2.05, 4.69) is 35.2 Å². The molecule has 1 aromatic rings. The number of hydrogen-bond donors (Lipinski definition) is 0. The number of fused-ring (bicyclic) bond motifs is 1. The predicted molar refractivity (Wildman–Crippen MR) is 95.8 cm³/mol. The molecule has 1 aliphatic heterocycles. The maximum atomic E-state index is 11.8. The third kappa shape index (κ3) is 3.70. The Kier molecular flexibility index (Phi) is 6.08. The minimum Gasteiger partial charge on any atom is -0.453 e. The molecule has 1 aromatic carbocycles. The normalized spacial score (nSPS) is 17.4. The number of benzene rings is 1. The van der Waals surface area contributed by atoms with Crippen LogP contribution in [0.1, 0.15) is 30.9 Å². The Morgan fingerprint density at radius 2 is 2.00 bits per heavy atom. The summed E-state index contributed by atoms with van der Waals surface area (Å²) in [4.78, 5) is 16.1. The highest BCUT2D eigenvalue weighted by Gasteiger charge is 2.28. The van der Waals surface area contributed by atoms with Gasteiger partial charge in [-0.1, -0.05) is 24.3 Å². The number of likely N-dealkylation sites (tertiary alicyclic amines) is 1. The summed E-state index contributed by atoms with van der Waals surface area (Å²) in [5.74, 6) is 0. The fraction of sp³-hybridized carbons (Fsp3) is 0.500. The largest absolute Gasteiger partial charge is 0.453 e. The van der Waals surface area contributed by atoms with Gasteiger partial charge in [-0.25, -0.2) is 4.79 Å². The second-order valence-electron chi connectivity index (χ2n) is 6.02. The lowest BCUT2D eigenvalue weighted by molar-refractivity contribution is 0.0836. The van der Waals surface area contributed by atoms with Crippen molar-refractivity contribution in [3.8, 4) is 0 Å². The molecule has 1 aliphatic carbocycles. The van der Waals surface area contributed by atoms with E-state index in [9.17, 15) is 4.79 Å². The lowest BCUT2D eigenvalue weighted by atomic mass is 9.88. The van der Waals surface area contributed by atoms with Crippen molar-refractivity contribution in [1.82, 2.24) is 9.80 Å². The van der Waals surface area contributed by atoms with Gasteiger partial charge in [-0.15, -0.1) is 12.4 Å². The minimum atomic E-state index is -0.198. The molecule has 3 rings (SSSR count). The van der Waals surface area contributed by atoms with Crippen LogP contribution in [-0.4, -0.2) is 55.2 Å². The first kappa shape index (κ1) is 17.8. The van der Waals surface area contributed by atoms with Crippen molar-refractivity contribution in [2.75, 3.05) is 33.3 Å². The molecule has 1 amide bonds. The van der Waals surface area contributed by atoms with Crippen molar-refractivity contribution >= 4 is 30.1 Å². The Balaban J connectivity index is 0.00000192. The van der Waals surface area contributed by atoms with E-state index < -0.39 is 0 Å². The smallest absolute Gasteiger partial charge is 0.409 e. The highest BCUT2D eigenvalue weighted by molar-refractivity contribution is 5.96. The maximum Gasteiger partial charge on any atom is 0.409 e. The number of nitrogens with zero attached hydrogens (tertiary/aromatic N) is 2. The number of carbonyl (C=O) groups excluding carboxylic acids is 1. The Morgan fingerprint density at radius 3 is 2.61 bits per heavy atom. The van der Waals surface area contributed by atoms with Crippen LogP contribution in [0.4, 0.5) is 4.79 Å². The van der Waals surface area contributed by atoms with Crippen LogP contribution in [-0.2, 0) is 4.74 Å². The zero-order chi connectivity index (χ0) is 15.5. The third-order valence-electron chi connectivity index (χ3n) is 4.78. The van der Waals surface area contributed by atoms with E-state index in [1.807, 2.05) is 11.8 Å². The first-order chi connectivity index (χ1) is 10.7. The summed E-state index contributed by atoms with van der Waals surface area (Å²) in [5, 5.41) is 0. The Bertz CT molecular complexity index is 580. The molecule has 0 aromatic heterocycles. The summed E-state index contributed by atoms with van der Waals surface area (Å²) < 4.78 is 4.88. The molecule has 0 bridgehead atoms. The molecule has 2 aliphatic rings. The molecule has 126 valence electrons. The van der Waals surface area contributed by atoms with Crippen molar-refractivity contribution < 1.29 is 9.53 Å². The predicted octanol–water partition coefficient (Wildman–Crippen LogP) is 3.52. The number of amides is 1. The summed E-state index contributed by atoms with van der Waals surface area (Å²) in [6.45, 7) is 5.83. The van der Waals surface area contributed by atoms with Crippen LogP contribution in [0.3, 0.4) is 0 Å². The summed E-state index contributed by atoms with van der Waals surface area (Å²) in [5.41, 5.74) is 4.19. The minimum absolute atomic E-state index is 0. The van der Waals surface area contributed by atoms with Crippen molar-refractivity contribution in [3.05, 3.63) is 35.4 Å². The molecule has 1 saturated heterocycles. The van der Waals surface area contributed by atoms with Gasteiger partial charge in [-0.3, -0.25) is 4.90 Å². The van der Waals surface area contributed by atoms with Gasteiger partial charge < -0.3 is 9.64 Å². The lowest BCUT2D eigenvalue weighted by Gasteiger charge is -2.38. The van der Waals surface area contributed by atoms with Crippen LogP contribution in [0.2, 0.25) is 0 Å². The van der Waals surface area contributed by atoms with E-state index in [4.69, 9.17) is 4.74 Å². The highest BCUT2D eigenvalue weighted by atomic mass is 35.5. The van der Waals surface area contributed by atoms with Gasteiger partial charge in [0.2, 0.25) is 0 Å². The second-order valence-corrected chi connectivity index (χ2v) is 6.02. The van der Waals surface area contributed by atoms with E-state index in [1.54, 1.807) is 0 Å². The van der Waals surface area contributed by atoms with Gasteiger partial charge in [0, 0.05) is 32.2 Å². The fourth-order valence-electron chi connectivity index (χ4n) is 3.52. The van der Waals surface area contributed by atoms with E-state index in [0.29, 0.717) is 6.04 Å². The zero-order valence-electron chi connectivity index (χ0n) is 13.8. The van der Waals surface area contributed by atoms with Crippen molar-refractivity contribution in [1.29, 1.82) is 0 Å². The SMILES string of the molecule is CCN(C(=O)OC)C1CCN(CC2=Cc3ccccc32)CC1.Cl. The van der Waals surface area contributed by atoms with Crippen molar-refractivity contribution in [2.45, 2.75) is 25.8 Å². The lowest BCUT2D eigenvalue weighted by Crippen LogP contribution is -2.47. The molecule has 1 heterocycles. The topological polar surface area (TPSA) is 32.8 Å². The molecule has 1 fully saturated rings. The Hall–Kier alpha value is -1.52. The van der Waals surface area contributed by atoms with Crippen LogP contribution in [0.15, 0.2) is 24.3 Å². The first-order valence-corrected chi connectivity index (χ1v) is 8.10. The molecule has 0 unspecified atom stereocenters. The van der Waals surface area contributed by atoms with Gasteiger partial charge in [0.05, 0.1) is 7.11 Å². The van der Waals surface area contributed by atoms with Gasteiger partial charge >= 0.3 is 6.09 Å². The summed E-state index contributed by atoms with van der Waals surface area (Å²) in [6.07, 6.45) is 4.14. The number of hydrogen-bond acceptors (Lipinski definition) is 3. The Labute approximate surface area is 144 Å². The van der Waals surface area contributed by atoms with Crippen LogP contribution < -0.4 is 0 Å². The van der Waals surface area contributed by atoms with Crippen molar-refractivity contribution in [3.63, 3.8) is 0 Å². The van der Waals surface area contributed by atoms with Gasteiger partial charge in [-0.05, 0) is 42.5 Å². The highest BCUT2D eigenvalue weighted by Crippen LogP contribution is 2.33. The molecule has 0 atom stereocenters. The van der Waals surface area contributed by atoms with E-state index in [0.717, 1.165) is 39.0 Å². The average Bonchev–Trinajstić information content (AvgIpc) is 2.54. The molecule has 0 spiro atoms. The molecular formula is C18H25ClN2O2. The molecular weight excluding hydrogens is 312 g/mol. The fourth-order valence-corrected chi connectivity index (χ4v) is 3.52. The van der Waals surface area contributed by atoms with E-state index in [-0.39, 0.29) is 18.5 Å². The molecule has 0 saturated carbocycles. The average molecular weight is 337 g/mol. The van der Waals surface area contributed by atoms with E-state index in [1.165, 1.54) is 23.8 Å². The first-order valence-electron chi connectivity index (χ1n) is 8.10. The Morgan fingerprint density at radius 1 is 1.30 bits per heavy atom. The summed E-state index contributed by atoms with van der Waals surface area (Å²) >= 11 is 0. The molecule has 23 heavy (non-hydrogen) atoms. The van der Waals surface area contributed by atoms with Gasteiger partial charge in [-0.2, -0.15) is 0 Å². The summed E-state index contributed by atoms with van der Waals surface area (Å²) in [7, 11) is 1.46.